The van der Waals surface area contributed by atoms with Gasteiger partial charge < -0.3 is 9.52 Å². The molecule has 6 nitrogen and oxygen atoms in total. The first-order valence-electron chi connectivity index (χ1n) is 8.17. The molecular weight excluding hydrogens is 362 g/mol. The Hall–Kier alpha value is -3.45. The van der Waals surface area contributed by atoms with E-state index in [4.69, 9.17) is 4.42 Å². The molecule has 0 fully saturated rings. The van der Waals surface area contributed by atoms with Crippen LogP contribution in [0.25, 0.3) is 11.0 Å². The molecule has 0 bridgehead atoms. The molecule has 0 saturated heterocycles. The molecule has 27 heavy (non-hydrogen) atoms. The van der Waals surface area contributed by atoms with Crippen LogP contribution in [-0.2, 0) is 0 Å². The lowest BCUT2D eigenvalue weighted by atomic mass is 10.1. The van der Waals surface area contributed by atoms with Crippen molar-refractivity contribution >= 4 is 39.0 Å². The molecule has 0 spiro atoms. The van der Waals surface area contributed by atoms with E-state index in [1.807, 2.05) is 31.2 Å². The van der Waals surface area contributed by atoms with E-state index in [1.54, 1.807) is 23.7 Å². The number of rotatable bonds is 3. The van der Waals surface area contributed by atoms with Gasteiger partial charge in [-0.3, -0.25) is 10.1 Å². The zero-order chi connectivity index (χ0) is 18.8. The van der Waals surface area contributed by atoms with Gasteiger partial charge >= 0.3 is 0 Å². The van der Waals surface area contributed by atoms with Crippen molar-refractivity contribution in [3.63, 3.8) is 0 Å². The lowest BCUT2D eigenvalue weighted by Gasteiger charge is -2.05. The van der Waals surface area contributed by atoms with Gasteiger partial charge in [0.15, 0.2) is 5.13 Å². The van der Waals surface area contributed by atoms with Crippen LogP contribution in [0.4, 0.5) is 10.8 Å². The summed E-state index contributed by atoms with van der Waals surface area (Å²) in [5.41, 5.74) is 2.64. The number of aryl methyl sites for hydroxylation is 1. The molecule has 2 heterocycles. The molecular formula is C20H15N3O3S. The summed E-state index contributed by atoms with van der Waals surface area (Å²) in [7, 11) is 0. The standard InChI is InChI=1S/C20H15N3O3S/c1-12-2-5-14(6-3-12)22-19-16(18(25)23-20-21-8-9-27-20)10-13-4-7-15(24)11-17(13)26-19/h2-11,24H,1H3,(H,21,23,25). The second-order valence-electron chi connectivity index (χ2n) is 5.93. The van der Waals surface area contributed by atoms with E-state index in [2.05, 4.69) is 15.3 Å². The van der Waals surface area contributed by atoms with E-state index in [1.165, 1.54) is 23.5 Å². The van der Waals surface area contributed by atoms with Gasteiger partial charge in [-0.25, -0.2) is 9.98 Å². The molecule has 0 unspecified atom stereocenters. The number of aromatic nitrogens is 1. The van der Waals surface area contributed by atoms with Gasteiger partial charge in [-0.15, -0.1) is 11.3 Å². The number of carbonyl (C=O) groups is 1. The van der Waals surface area contributed by atoms with Crippen LogP contribution >= 0.6 is 11.3 Å². The monoisotopic (exact) mass is 377 g/mol. The van der Waals surface area contributed by atoms with Crippen molar-refractivity contribution < 1.29 is 14.3 Å². The van der Waals surface area contributed by atoms with E-state index in [0.717, 1.165) is 5.56 Å². The number of benzene rings is 2. The summed E-state index contributed by atoms with van der Waals surface area (Å²) >= 11 is 1.33. The fourth-order valence-corrected chi connectivity index (χ4v) is 3.06. The fraction of sp³-hybridized carbons (Fsp3) is 0.0500. The zero-order valence-corrected chi connectivity index (χ0v) is 15.2. The zero-order valence-electron chi connectivity index (χ0n) is 14.3. The highest BCUT2D eigenvalue weighted by Gasteiger charge is 2.14. The first kappa shape index (κ1) is 17.0. The minimum absolute atomic E-state index is 0.0764. The molecule has 4 rings (SSSR count). The van der Waals surface area contributed by atoms with Crippen LogP contribution in [-0.4, -0.2) is 16.0 Å². The van der Waals surface area contributed by atoms with Gasteiger partial charge in [0.2, 0.25) is 5.55 Å². The number of phenolic OH excluding ortho intramolecular Hbond substituents is 1. The van der Waals surface area contributed by atoms with Crippen molar-refractivity contribution in [2.75, 3.05) is 5.32 Å². The molecule has 134 valence electrons. The van der Waals surface area contributed by atoms with Crippen LogP contribution in [0.15, 0.2) is 69.5 Å². The highest BCUT2D eigenvalue weighted by Crippen LogP contribution is 2.21. The summed E-state index contributed by atoms with van der Waals surface area (Å²) in [4.78, 5) is 21.3. The van der Waals surface area contributed by atoms with Gasteiger partial charge in [-0.1, -0.05) is 17.7 Å². The number of fused-ring (bicyclic) bond motifs is 1. The number of aromatic hydroxyl groups is 1. The number of nitrogens with zero attached hydrogens (tertiary/aromatic N) is 2. The molecule has 0 saturated carbocycles. The maximum Gasteiger partial charge on any atom is 0.262 e. The maximum absolute atomic E-state index is 12.8. The minimum Gasteiger partial charge on any atom is -0.508 e. The van der Waals surface area contributed by atoms with Crippen LogP contribution in [0.5, 0.6) is 5.75 Å². The third-order valence-electron chi connectivity index (χ3n) is 3.90. The first-order chi connectivity index (χ1) is 13.1. The normalized spacial score (nSPS) is 11.7. The molecule has 0 aliphatic heterocycles. The summed E-state index contributed by atoms with van der Waals surface area (Å²) in [5.74, 6) is -0.290. The highest BCUT2D eigenvalue weighted by atomic mass is 32.1. The van der Waals surface area contributed by atoms with E-state index in [9.17, 15) is 9.90 Å². The quantitative estimate of drug-likeness (QED) is 0.554. The Morgan fingerprint density at radius 1 is 1.19 bits per heavy atom. The van der Waals surface area contributed by atoms with Gasteiger partial charge in [-0.2, -0.15) is 0 Å². The molecule has 0 aliphatic carbocycles. The van der Waals surface area contributed by atoms with Crippen LogP contribution in [0, 0.1) is 6.92 Å². The van der Waals surface area contributed by atoms with Crippen LogP contribution < -0.4 is 10.9 Å². The Morgan fingerprint density at radius 2 is 2.00 bits per heavy atom. The molecule has 1 amide bonds. The van der Waals surface area contributed by atoms with Crippen molar-refractivity contribution in [3.05, 3.63) is 76.8 Å². The number of amides is 1. The van der Waals surface area contributed by atoms with Crippen molar-refractivity contribution in [2.45, 2.75) is 6.92 Å². The number of anilines is 1. The average Bonchev–Trinajstić information content (AvgIpc) is 3.16. The van der Waals surface area contributed by atoms with Crippen molar-refractivity contribution in [1.82, 2.24) is 4.98 Å². The largest absolute Gasteiger partial charge is 0.508 e. The molecule has 4 aromatic rings. The summed E-state index contributed by atoms with van der Waals surface area (Å²) in [5, 5.41) is 15.4. The minimum atomic E-state index is -0.366. The molecule has 0 radical (unpaired) electrons. The predicted molar refractivity (Wildman–Crippen MR) is 104 cm³/mol. The number of carbonyl (C=O) groups excluding carboxylic acids is 1. The Kier molecular flexibility index (Phi) is 4.43. The molecule has 0 aliphatic rings. The van der Waals surface area contributed by atoms with Gasteiger partial charge in [0.25, 0.3) is 5.91 Å². The van der Waals surface area contributed by atoms with E-state index >= 15 is 0 Å². The van der Waals surface area contributed by atoms with Gasteiger partial charge in [0.05, 0.1) is 5.69 Å². The predicted octanol–water partition coefficient (Wildman–Crippen LogP) is 4.39. The van der Waals surface area contributed by atoms with Gasteiger partial charge in [-0.05, 0) is 37.3 Å². The van der Waals surface area contributed by atoms with E-state index < -0.39 is 0 Å². The SMILES string of the molecule is Cc1ccc(N=c2oc3cc(O)ccc3cc2C(=O)Nc2nccs2)cc1. The Balaban J connectivity index is 1.87. The summed E-state index contributed by atoms with van der Waals surface area (Å²) in [6.45, 7) is 1.99. The lowest BCUT2D eigenvalue weighted by Crippen LogP contribution is -2.21. The summed E-state index contributed by atoms with van der Waals surface area (Å²) in [6.07, 6.45) is 1.62. The molecule has 2 N–H and O–H groups in total. The number of nitrogens with one attached hydrogen (secondary N) is 1. The van der Waals surface area contributed by atoms with Crippen molar-refractivity contribution in [3.8, 4) is 5.75 Å². The van der Waals surface area contributed by atoms with Crippen LogP contribution in [0.2, 0.25) is 0 Å². The van der Waals surface area contributed by atoms with Crippen LogP contribution in [0.1, 0.15) is 15.9 Å². The van der Waals surface area contributed by atoms with Gasteiger partial charge in [0, 0.05) is 23.0 Å². The molecule has 7 heteroatoms. The van der Waals surface area contributed by atoms with Crippen LogP contribution in [0.3, 0.4) is 0 Å². The van der Waals surface area contributed by atoms with Crippen molar-refractivity contribution in [1.29, 1.82) is 0 Å². The Bertz CT molecular complexity index is 1180. The molecule has 0 atom stereocenters. The summed E-state index contributed by atoms with van der Waals surface area (Å²) < 4.78 is 5.84. The van der Waals surface area contributed by atoms with E-state index in [-0.39, 0.29) is 22.8 Å². The fourth-order valence-electron chi connectivity index (χ4n) is 2.54. The second-order valence-corrected chi connectivity index (χ2v) is 6.82. The Labute approximate surface area is 158 Å². The average molecular weight is 377 g/mol. The summed E-state index contributed by atoms with van der Waals surface area (Å²) in [6, 6.07) is 14.0. The Morgan fingerprint density at radius 3 is 2.74 bits per heavy atom. The number of thiazole rings is 1. The number of phenols is 1. The number of hydrogen-bond donors (Lipinski definition) is 2. The first-order valence-corrected chi connectivity index (χ1v) is 9.05. The molecule has 2 aromatic carbocycles. The lowest BCUT2D eigenvalue weighted by molar-refractivity contribution is 0.102. The topological polar surface area (TPSA) is 87.7 Å². The highest BCUT2D eigenvalue weighted by molar-refractivity contribution is 7.13. The third kappa shape index (κ3) is 3.73. The second kappa shape index (κ2) is 7.05. The van der Waals surface area contributed by atoms with E-state index in [0.29, 0.717) is 21.8 Å². The number of hydrogen-bond acceptors (Lipinski definition) is 6. The third-order valence-corrected chi connectivity index (χ3v) is 4.58. The molecule has 2 aromatic heterocycles. The van der Waals surface area contributed by atoms with Gasteiger partial charge in [0.1, 0.15) is 16.9 Å². The van der Waals surface area contributed by atoms with Crippen molar-refractivity contribution in [2.24, 2.45) is 4.99 Å². The smallest absolute Gasteiger partial charge is 0.262 e. The maximum atomic E-state index is 12.8.